The highest BCUT2D eigenvalue weighted by molar-refractivity contribution is 7.89. The Bertz CT molecular complexity index is 1280. The number of thiophene rings is 1. The van der Waals surface area contributed by atoms with Crippen LogP contribution in [0, 0.1) is 0 Å². The Balaban J connectivity index is 1.57. The van der Waals surface area contributed by atoms with Crippen molar-refractivity contribution in [3.63, 3.8) is 0 Å². The van der Waals surface area contributed by atoms with Gasteiger partial charge in [-0.3, -0.25) is 19.8 Å². The molecular formula is C24H31N5O6S2. The molecule has 1 saturated heterocycles. The number of carbonyl (C=O) groups is 3. The first-order chi connectivity index (χ1) is 17.6. The minimum absolute atomic E-state index is 0.0967. The molecule has 0 unspecified atom stereocenters. The summed E-state index contributed by atoms with van der Waals surface area (Å²) in [5.41, 5.74) is 1.38. The van der Waals surface area contributed by atoms with E-state index in [1.54, 1.807) is 0 Å². The second-order valence-corrected chi connectivity index (χ2v) is 12.0. The van der Waals surface area contributed by atoms with Gasteiger partial charge in [-0.25, -0.2) is 13.2 Å². The van der Waals surface area contributed by atoms with E-state index in [0.717, 1.165) is 23.5 Å². The number of hydrogen-bond acceptors (Lipinski definition) is 8. The van der Waals surface area contributed by atoms with Crippen LogP contribution in [0.15, 0.2) is 29.2 Å². The maximum absolute atomic E-state index is 13.1. The van der Waals surface area contributed by atoms with Crippen molar-refractivity contribution in [3.8, 4) is 0 Å². The SMILES string of the molecule is CCN1CCc2c(sc(NC(=O)c3ccc(S(=O)(=O)N4CCOCC4)cc3)c2C(=O)NC(=O)N(C)C)C1. The van der Waals surface area contributed by atoms with Crippen molar-refractivity contribution in [3.05, 3.63) is 45.8 Å². The van der Waals surface area contributed by atoms with Crippen molar-refractivity contribution in [2.75, 3.05) is 58.8 Å². The molecule has 0 aliphatic carbocycles. The molecule has 200 valence electrons. The molecule has 1 aromatic heterocycles. The van der Waals surface area contributed by atoms with Gasteiger partial charge in [0.2, 0.25) is 10.0 Å². The molecule has 0 radical (unpaired) electrons. The van der Waals surface area contributed by atoms with E-state index >= 15 is 0 Å². The van der Waals surface area contributed by atoms with Crippen molar-refractivity contribution in [2.45, 2.75) is 24.8 Å². The van der Waals surface area contributed by atoms with Crippen LogP contribution in [-0.4, -0.2) is 93.9 Å². The number of sulfonamides is 1. The number of carbonyl (C=O) groups excluding carboxylic acids is 3. The zero-order valence-corrected chi connectivity index (χ0v) is 22.7. The van der Waals surface area contributed by atoms with Crippen LogP contribution in [0.1, 0.15) is 38.1 Å². The van der Waals surface area contributed by atoms with Gasteiger partial charge in [-0.05, 0) is 42.8 Å². The van der Waals surface area contributed by atoms with Gasteiger partial charge in [0.25, 0.3) is 11.8 Å². The van der Waals surface area contributed by atoms with Crippen molar-refractivity contribution in [2.24, 2.45) is 0 Å². The van der Waals surface area contributed by atoms with E-state index in [9.17, 15) is 22.8 Å². The van der Waals surface area contributed by atoms with E-state index in [1.807, 2.05) is 0 Å². The largest absolute Gasteiger partial charge is 0.379 e. The van der Waals surface area contributed by atoms with E-state index < -0.39 is 27.9 Å². The molecular weight excluding hydrogens is 518 g/mol. The minimum Gasteiger partial charge on any atom is -0.379 e. The number of nitrogens with one attached hydrogen (secondary N) is 2. The highest BCUT2D eigenvalue weighted by atomic mass is 32.2. The summed E-state index contributed by atoms with van der Waals surface area (Å²) < 4.78 is 32.3. The number of nitrogens with zero attached hydrogens (tertiary/aromatic N) is 3. The molecule has 2 N–H and O–H groups in total. The van der Waals surface area contributed by atoms with Crippen LogP contribution in [0.25, 0.3) is 0 Å². The molecule has 1 aromatic carbocycles. The number of ether oxygens (including phenoxy) is 1. The highest BCUT2D eigenvalue weighted by Gasteiger charge is 2.30. The maximum atomic E-state index is 13.1. The summed E-state index contributed by atoms with van der Waals surface area (Å²) in [7, 11) is -0.603. The first kappa shape index (κ1) is 27.2. The molecule has 0 atom stereocenters. The van der Waals surface area contributed by atoms with E-state index in [1.165, 1.54) is 58.9 Å². The number of hydrogen-bond donors (Lipinski definition) is 2. The monoisotopic (exact) mass is 549 g/mol. The number of imide groups is 1. The van der Waals surface area contributed by atoms with Crippen LogP contribution in [0.5, 0.6) is 0 Å². The lowest BCUT2D eigenvalue weighted by atomic mass is 10.0. The molecule has 1 fully saturated rings. The average Bonchev–Trinajstić information content (AvgIpc) is 3.26. The summed E-state index contributed by atoms with van der Waals surface area (Å²) >= 11 is 1.32. The summed E-state index contributed by atoms with van der Waals surface area (Å²) in [6.07, 6.45) is 0.628. The molecule has 0 saturated carbocycles. The lowest BCUT2D eigenvalue weighted by molar-refractivity contribution is 0.0730. The normalized spacial score (nSPS) is 16.6. The van der Waals surface area contributed by atoms with Gasteiger partial charge in [-0.15, -0.1) is 11.3 Å². The van der Waals surface area contributed by atoms with Crippen molar-refractivity contribution in [1.82, 2.24) is 19.4 Å². The molecule has 0 spiro atoms. The number of urea groups is 1. The van der Waals surface area contributed by atoms with Crippen molar-refractivity contribution < 1.29 is 27.5 Å². The molecule has 4 rings (SSSR count). The third-order valence-corrected chi connectivity index (χ3v) is 9.43. The van der Waals surface area contributed by atoms with Gasteiger partial charge in [-0.2, -0.15) is 4.31 Å². The predicted octanol–water partition coefficient (Wildman–Crippen LogP) is 1.81. The fourth-order valence-corrected chi connectivity index (χ4v) is 6.91. The van der Waals surface area contributed by atoms with Crippen LogP contribution in [0.4, 0.5) is 9.80 Å². The van der Waals surface area contributed by atoms with E-state index in [4.69, 9.17) is 4.74 Å². The topological polar surface area (TPSA) is 128 Å². The smallest absolute Gasteiger partial charge is 0.323 e. The molecule has 4 amide bonds. The molecule has 0 bridgehead atoms. The van der Waals surface area contributed by atoms with Gasteiger partial charge in [-0.1, -0.05) is 6.92 Å². The zero-order valence-electron chi connectivity index (χ0n) is 21.1. The summed E-state index contributed by atoms with van der Waals surface area (Å²) in [6, 6.07) is 5.16. The number of benzene rings is 1. The van der Waals surface area contributed by atoms with Crippen LogP contribution >= 0.6 is 11.3 Å². The summed E-state index contributed by atoms with van der Waals surface area (Å²) in [4.78, 5) is 42.9. The van der Waals surface area contributed by atoms with Crippen molar-refractivity contribution in [1.29, 1.82) is 0 Å². The van der Waals surface area contributed by atoms with E-state index in [-0.39, 0.29) is 23.5 Å². The highest BCUT2D eigenvalue weighted by Crippen LogP contribution is 2.37. The van der Waals surface area contributed by atoms with Crippen LogP contribution in [0.2, 0.25) is 0 Å². The number of rotatable bonds is 6. The Hall–Kier alpha value is -2.84. The number of amides is 4. The Kier molecular flexibility index (Phi) is 8.29. The number of likely N-dealkylation sites (N-methyl/N-ethyl adjacent to an activating group) is 1. The Morgan fingerprint density at radius 2 is 1.73 bits per heavy atom. The van der Waals surface area contributed by atoms with Crippen LogP contribution in [0.3, 0.4) is 0 Å². The first-order valence-corrected chi connectivity index (χ1v) is 14.3. The summed E-state index contributed by atoms with van der Waals surface area (Å²) in [5, 5.41) is 5.56. The van der Waals surface area contributed by atoms with Gasteiger partial charge in [0.1, 0.15) is 5.00 Å². The molecule has 2 aliphatic rings. The summed E-state index contributed by atoms with van der Waals surface area (Å²) in [6.45, 7) is 5.60. The molecule has 11 nitrogen and oxygen atoms in total. The second kappa shape index (κ2) is 11.3. The number of anilines is 1. The molecule has 2 aromatic rings. The second-order valence-electron chi connectivity index (χ2n) is 8.98. The molecule has 13 heteroatoms. The molecule has 37 heavy (non-hydrogen) atoms. The zero-order chi connectivity index (χ0) is 26.7. The summed E-state index contributed by atoms with van der Waals surface area (Å²) in [5.74, 6) is -1.04. The number of fused-ring (bicyclic) bond motifs is 1. The fraction of sp³-hybridized carbons (Fsp3) is 0.458. The number of morpholine rings is 1. The third kappa shape index (κ3) is 5.85. The predicted molar refractivity (Wildman–Crippen MR) is 139 cm³/mol. The van der Waals surface area contributed by atoms with Gasteiger partial charge in [0.15, 0.2) is 0 Å². The standard InChI is InChI=1S/C24H31N5O6S2/c1-4-28-10-9-18-19(15-28)36-23(20(18)22(31)26-24(32)27(2)3)25-21(30)16-5-7-17(8-6-16)37(33,34)29-11-13-35-14-12-29/h5-8H,4,9-15H2,1-3H3,(H,25,30)(H,26,31,32). The molecule has 3 heterocycles. The van der Waals surface area contributed by atoms with Gasteiger partial charge in [0.05, 0.1) is 23.7 Å². The minimum atomic E-state index is -3.68. The molecule has 2 aliphatic heterocycles. The quantitative estimate of drug-likeness (QED) is 0.562. The fourth-order valence-electron chi connectivity index (χ4n) is 4.22. The Labute approximate surface area is 220 Å². The lowest BCUT2D eigenvalue weighted by Gasteiger charge is -2.26. The van der Waals surface area contributed by atoms with Gasteiger partial charge >= 0.3 is 6.03 Å². The Morgan fingerprint density at radius 3 is 2.35 bits per heavy atom. The maximum Gasteiger partial charge on any atom is 0.323 e. The Morgan fingerprint density at radius 1 is 1.05 bits per heavy atom. The first-order valence-electron chi connectivity index (χ1n) is 12.0. The van der Waals surface area contributed by atoms with E-state index in [0.29, 0.717) is 36.7 Å². The third-order valence-electron chi connectivity index (χ3n) is 6.39. The van der Waals surface area contributed by atoms with Crippen molar-refractivity contribution >= 4 is 44.2 Å². The van der Waals surface area contributed by atoms with Crippen LogP contribution in [-0.2, 0) is 27.7 Å². The average molecular weight is 550 g/mol. The lowest BCUT2D eigenvalue weighted by Crippen LogP contribution is -2.40. The van der Waals surface area contributed by atoms with Gasteiger partial charge < -0.3 is 15.0 Å². The van der Waals surface area contributed by atoms with Gasteiger partial charge in [0, 0.05) is 50.7 Å². The van der Waals surface area contributed by atoms with E-state index in [2.05, 4.69) is 22.5 Å². The van der Waals surface area contributed by atoms with Crippen LogP contribution < -0.4 is 10.6 Å².